The second-order valence-corrected chi connectivity index (χ2v) is 19.9. The summed E-state index contributed by atoms with van der Waals surface area (Å²) in [6.07, 6.45) is 7.33. The maximum absolute atomic E-state index is 10.6. The van der Waals surface area contributed by atoms with Crippen molar-refractivity contribution < 1.29 is 104 Å². The number of thiol groups is 1. The molecule has 0 aromatic carbocycles. The molecule has 0 aromatic heterocycles. The second-order valence-electron chi connectivity index (χ2n) is 19.4. The minimum absolute atomic E-state index is 0.0506. The largest absolute Gasteiger partial charge is 0.481 e. The van der Waals surface area contributed by atoms with Crippen molar-refractivity contribution in [2.75, 3.05) is 51.6 Å². The molecule has 10 unspecified atom stereocenters. The first kappa shape index (κ1) is 95.2. The van der Waals surface area contributed by atoms with Gasteiger partial charge in [-0.25, -0.2) is 10.3 Å². The highest BCUT2D eigenvalue weighted by molar-refractivity contribution is 7.80. The van der Waals surface area contributed by atoms with E-state index in [1.165, 1.54) is 0 Å². The van der Waals surface area contributed by atoms with Crippen LogP contribution in [0.4, 0.5) is 4.79 Å². The maximum Gasteiger partial charge on any atom is 0.320 e. The molecule has 0 saturated carbocycles. The van der Waals surface area contributed by atoms with Gasteiger partial charge in [0.1, 0.15) is 42.3 Å². The van der Waals surface area contributed by atoms with Gasteiger partial charge in [-0.3, -0.25) is 48.1 Å². The number of aliphatic hydroxyl groups is 2. The first-order valence-corrected chi connectivity index (χ1v) is 28.4. The summed E-state index contributed by atoms with van der Waals surface area (Å²) in [7, 11) is 0. The normalized spacial score (nSPS) is 15.3. The van der Waals surface area contributed by atoms with Gasteiger partial charge in [0.2, 0.25) is 5.91 Å². The Balaban J connectivity index is -0.000000171. The highest BCUT2D eigenvalue weighted by Gasteiger charge is 2.27. The summed E-state index contributed by atoms with van der Waals surface area (Å²) >= 11 is 3.81. The third kappa shape index (κ3) is 75.7. The van der Waals surface area contributed by atoms with Gasteiger partial charge in [0.25, 0.3) is 0 Å². The number of aliphatic hydroxyl groups excluding tert-OH is 2. The van der Waals surface area contributed by atoms with Gasteiger partial charge in [-0.05, 0) is 115 Å². The number of nitrogens with two attached hydrogens (primary N) is 12. The molecule has 520 valence electrons. The number of guanidine groups is 1. The Morgan fingerprint density at radius 2 is 0.955 bits per heavy atom. The van der Waals surface area contributed by atoms with E-state index in [9.17, 15) is 53.1 Å². The van der Waals surface area contributed by atoms with Crippen LogP contribution in [-0.4, -0.2) is 234 Å². The van der Waals surface area contributed by atoms with E-state index in [2.05, 4.69) is 33.6 Å². The number of β-amino-alcohol motifs (C(OH)–C–C–N with tert-alkyl or cyclic N) is 1. The monoisotopic (exact) mass is 1300 g/mol. The van der Waals surface area contributed by atoms with Crippen LogP contribution >= 0.6 is 12.6 Å². The van der Waals surface area contributed by atoms with E-state index in [-0.39, 0.29) is 24.8 Å². The lowest BCUT2D eigenvalue weighted by Crippen LogP contribution is -2.37. The number of carboxylic acid groups (broad SMARTS) is 8. The lowest BCUT2D eigenvalue weighted by Gasteiger charge is -2.18. The molecule has 38 nitrogen and oxygen atoms in total. The zero-order valence-corrected chi connectivity index (χ0v) is 51.2. The number of urea groups is 1. The zero-order valence-electron chi connectivity index (χ0n) is 50.4. The SMILES string of the molecule is CC(C)CC(N)C(O)CC(=O)O.NC(=O)NCCCCC(N)C(=O)O.NC(CCCCNO)C(=O)O.NC(CCS)C(=O)O.NC(N)=NCCCCC(N)C(=O)O.NCC(=O)NCCCC(N)C(=O)O.NCCCC(N)C(=O)O.O=C(O)C1CC(O)CN1. The molecule has 0 spiro atoms. The number of carboxylic acids is 8. The number of nitrogens with zero attached hydrogens (tertiary/aromatic N) is 1. The minimum Gasteiger partial charge on any atom is -0.481 e. The number of hydrogen-bond donors (Lipinski definition) is 28. The molecule has 1 aliphatic rings. The molecule has 0 aliphatic carbocycles. The Bertz CT molecular complexity index is 1910. The number of nitrogens with one attached hydrogen (secondary N) is 4. The summed E-state index contributed by atoms with van der Waals surface area (Å²) in [5, 5.41) is 100. The number of carbonyl (C=O) groups is 10. The molecule has 10 atom stereocenters. The standard InChI is InChI=1S/C8H17NO3.C7H16N4O2.2C7H15N3O3.C6H14N2O3.C5H12N2O2.C5H9NO3.C4H9NO2S/c1-5(2)3-6(9)7(10)4-8(11)12;8-5(6(12)13)3-1-2-4-11-7(9)10;8-4-6(11)10-3-1-2-5(9)7(12)13;8-5(6(11)12)3-1-2-4-10-7(9)13;7-5(6(9)10)3-1-2-4-8-11;6-3-1-2-4(7)5(8)9;7-3-1-4(5(8)9)6-2-3;5-3(1-2-8)4(6)7/h5-7,10H,3-4,9H2,1-2H3,(H,11,12);5H,1-4,8H2,(H,12,13)(H4,9,10,11);5H,1-4,8-9H2,(H,10,11)(H,12,13);5H,1-4,8H2,(H,11,12)(H3,9,10,13);5,8,11H,1-4,7H2,(H,9,10);4H,1-3,6-7H2,(H,8,9);3-4,6-7H,1-2H2,(H,8,9);3,8H,1-2,5H2,(H,6,7). The van der Waals surface area contributed by atoms with Crippen LogP contribution < -0.4 is 90.2 Å². The molecular formula is C49H107N17O21S. The van der Waals surface area contributed by atoms with Gasteiger partial charge in [-0.15, -0.1) is 0 Å². The Morgan fingerprint density at radius 1 is 0.568 bits per heavy atom. The van der Waals surface area contributed by atoms with Crippen molar-refractivity contribution in [3.05, 3.63) is 0 Å². The number of carbonyl (C=O) groups excluding carboxylic acids is 2. The molecule has 0 radical (unpaired) electrons. The fourth-order valence-corrected chi connectivity index (χ4v) is 6.01. The number of primary amides is 1. The zero-order chi connectivity index (χ0) is 69.9. The quantitative estimate of drug-likeness (QED) is 0.00904. The molecule has 0 bridgehead atoms. The van der Waals surface area contributed by atoms with Crippen molar-refractivity contribution in [1.29, 1.82) is 0 Å². The summed E-state index contributed by atoms with van der Waals surface area (Å²) in [4.78, 5) is 106. The lowest BCUT2D eigenvalue weighted by atomic mass is 9.98. The number of amides is 3. The van der Waals surface area contributed by atoms with Gasteiger partial charge < -0.3 is 141 Å². The smallest absolute Gasteiger partial charge is 0.320 e. The van der Waals surface area contributed by atoms with Crippen molar-refractivity contribution in [3.63, 3.8) is 0 Å². The van der Waals surface area contributed by atoms with Crippen molar-refractivity contribution in [3.8, 4) is 0 Å². The lowest BCUT2D eigenvalue weighted by molar-refractivity contribution is -0.140. The van der Waals surface area contributed by atoms with Crippen molar-refractivity contribution in [2.45, 2.75) is 184 Å². The molecule has 1 fully saturated rings. The van der Waals surface area contributed by atoms with Gasteiger partial charge in [-0.2, -0.15) is 12.6 Å². The third-order valence-corrected chi connectivity index (χ3v) is 11.1. The van der Waals surface area contributed by atoms with E-state index < -0.39 is 114 Å². The molecular weight excluding hydrogens is 1190 g/mol. The van der Waals surface area contributed by atoms with Crippen molar-refractivity contribution in [2.24, 2.45) is 79.7 Å². The van der Waals surface area contributed by atoms with Crippen molar-refractivity contribution >= 4 is 78.3 Å². The average molecular weight is 1300 g/mol. The van der Waals surface area contributed by atoms with Crippen LogP contribution in [0.2, 0.25) is 0 Å². The van der Waals surface area contributed by atoms with E-state index in [0.717, 1.165) is 12.8 Å². The predicted molar refractivity (Wildman–Crippen MR) is 327 cm³/mol. The Kier molecular flexibility index (Phi) is 68.8. The van der Waals surface area contributed by atoms with Gasteiger partial charge in [-0.1, -0.05) is 13.8 Å². The predicted octanol–water partition coefficient (Wildman–Crippen LogP) is -6.28. The average Bonchev–Trinajstić information content (AvgIpc) is 3.89. The fourth-order valence-electron chi connectivity index (χ4n) is 5.73. The Morgan fingerprint density at radius 3 is 1.25 bits per heavy atom. The van der Waals surface area contributed by atoms with Crippen LogP contribution in [0, 0.1) is 5.92 Å². The molecule has 1 heterocycles. The summed E-state index contributed by atoms with van der Waals surface area (Å²) in [6.45, 7) is 6.68. The van der Waals surface area contributed by atoms with Crippen LogP contribution in [0.3, 0.4) is 0 Å². The summed E-state index contributed by atoms with van der Waals surface area (Å²) in [6, 6.07) is -6.24. The van der Waals surface area contributed by atoms with Crippen LogP contribution in [0.25, 0.3) is 0 Å². The first-order valence-electron chi connectivity index (χ1n) is 27.8. The number of aliphatic imine (C=N–C) groups is 1. The maximum atomic E-state index is 10.6. The van der Waals surface area contributed by atoms with E-state index in [1.54, 1.807) is 0 Å². The number of unbranched alkanes of at least 4 members (excludes halogenated alkanes) is 3. The molecule has 0 aromatic rings. The minimum atomic E-state index is -1.02. The second kappa shape index (κ2) is 63.6. The van der Waals surface area contributed by atoms with Gasteiger partial charge in [0, 0.05) is 45.2 Å². The number of rotatable bonds is 37. The first-order chi connectivity index (χ1) is 40.8. The molecule has 3 amide bonds. The molecule has 39 N–H and O–H groups in total. The van der Waals surface area contributed by atoms with Crippen LogP contribution in [0.1, 0.15) is 123 Å². The topological polar surface area (TPSA) is 766 Å². The van der Waals surface area contributed by atoms with E-state index >= 15 is 0 Å². The molecule has 1 rings (SSSR count). The van der Waals surface area contributed by atoms with E-state index in [0.29, 0.717) is 141 Å². The Labute approximate surface area is 517 Å². The molecule has 88 heavy (non-hydrogen) atoms. The highest BCUT2D eigenvalue weighted by atomic mass is 32.1. The number of hydroxylamine groups is 1. The van der Waals surface area contributed by atoms with Gasteiger partial charge in [0.05, 0.1) is 25.2 Å². The van der Waals surface area contributed by atoms with Gasteiger partial charge in [0.15, 0.2) is 5.96 Å². The van der Waals surface area contributed by atoms with Crippen molar-refractivity contribution in [1.82, 2.24) is 21.4 Å². The molecule has 1 aliphatic heterocycles. The Hall–Kier alpha value is -6.44. The van der Waals surface area contributed by atoms with E-state index in [1.807, 2.05) is 19.3 Å². The molecule has 39 heteroatoms. The van der Waals surface area contributed by atoms with Gasteiger partial charge >= 0.3 is 53.8 Å². The third-order valence-electron chi connectivity index (χ3n) is 10.8. The van der Waals surface area contributed by atoms with E-state index in [4.69, 9.17) is 120 Å². The summed E-state index contributed by atoms with van der Waals surface area (Å²) in [5.41, 5.74) is 63.9. The summed E-state index contributed by atoms with van der Waals surface area (Å²) < 4.78 is 0. The number of aliphatic carboxylic acids is 8. The number of hydrogen-bond acceptors (Lipinski definition) is 26. The van der Waals surface area contributed by atoms with Crippen LogP contribution in [0.15, 0.2) is 4.99 Å². The fraction of sp³-hybridized carbons (Fsp3) is 0.776. The van der Waals surface area contributed by atoms with Crippen LogP contribution in [-0.2, 0) is 43.2 Å². The van der Waals surface area contributed by atoms with Crippen LogP contribution in [0.5, 0.6) is 0 Å². The highest BCUT2D eigenvalue weighted by Crippen LogP contribution is 2.09. The summed E-state index contributed by atoms with van der Waals surface area (Å²) in [5.74, 6) is -7.06. The molecule has 1 saturated heterocycles.